The van der Waals surface area contributed by atoms with E-state index < -0.39 is 23.5 Å². The number of esters is 1. The second-order valence-corrected chi connectivity index (χ2v) is 6.00. The van der Waals surface area contributed by atoms with E-state index in [0.717, 1.165) is 5.56 Å². The number of hydrogen-bond donors (Lipinski definition) is 3. The maximum Gasteiger partial charge on any atom is 0.376 e. The Balaban J connectivity index is 1.94. The number of carboxylic acid groups (broad SMARTS) is 1. The highest BCUT2D eigenvalue weighted by atomic mass is 16.5. The van der Waals surface area contributed by atoms with Gasteiger partial charge in [-0.2, -0.15) is 0 Å². The van der Waals surface area contributed by atoms with Gasteiger partial charge in [0.25, 0.3) is 0 Å². The van der Waals surface area contributed by atoms with Gasteiger partial charge in [0.1, 0.15) is 5.69 Å². The number of methoxy groups -OCH3 is 1. The van der Waals surface area contributed by atoms with Crippen LogP contribution in [0.2, 0.25) is 0 Å². The number of carbonyl (C=O) groups is 3. The van der Waals surface area contributed by atoms with Crippen LogP contribution in [-0.2, 0) is 16.8 Å². The molecule has 0 spiro atoms. The third kappa shape index (κ3) is 4.59. The van der Waals surface area contributed by atoms with Crippen LogP contribution in [0, 0.1) is 0 Å². The van der Waals surface area contributed by atoms with Gasteiger partial charge < -0.3 is 25.0 Å². The topological polar surface area (TPSA) is 131 Å². The van der Waals surface area contributed by atoms with Crippen LogP contribution in [0.1, 0.15) is 46.0 Å². The molecule has 0 bridgehead atoms. The summed E-state index contributed by atoms with van der Waals surface area (Å²) in [4.78, 5) is 34.3. The molecule has 2 rings (SSSR count). The van der Waals surface area contributed by atoms with Crippen LogP contribution in [0.4, 0.5) is 4.79 Å². The van der Waals surface area contributed by atoms with E-state index in [-0.39, 0.29) is 17.9 Å². The lowest BCUT2D eigenvalue weighted by Gasteiger charge is -2.23. The van der Waals surface area contributed by atoms with Crippen molar-refractivity contribution in [1.82, 2.24) is 15.8 Å². The average molecular weight is 361 g/mol. The van der Waals surface area contributed by atoms with Gasteiger partial charge in [0.2, 0.25) is 5.76 Å². The summed E-state index contributed by atoms with van der Waals surface area (Å²) in [6.07, 6.45) is 0. The zero-order valence-electron chi connectivity index (χ0n) is 14.5. The fourth-order valence-corrected chi connectivity index (χ4v) is 2.11. The van der Waals surface area contributed by atoms with Crippen molar-refractivity contribution in [2.75, 3.05) is 7.11 Å². The van der Waals surface area contributed by atoms with Gasteiger partial charge in [-0.15, -0.1) is 0 Å². The third-order valence-electron chi connectivity index (χ3n) is 3.62. The summed E-state index contributed by atoms with van der Waals surface area (Å²) < 4.78 is 9.45. The van der Waals surface area contributed by atoms with E-state index in [9.17, 15) is 14.4 Å². The van der Waals surface area contributed by atoms with Crippen molar-refractivity contribution in [3.63, 3.8) is 0 Å². The molecular weight excluding hydrogens is 342 g/mol. The van der Waals surface area contributed by atoms with Gasteiger partial charge in [-0.1, -0.05) is 17.3 Å². The normalized spacial score (nSPS) is 10.9. The number of hydrogen-bond acceptors (Lipinski definition) is 6. The minimum absolute atomic E-state index is 0.0590. The maximum absolute atomic E-state index is 12.1. The number of ether oxygens (including phenoxy) is 1. The van der Waals surface area contributed by atoms with Gasteiger partial charge in [0, 0.05) is 12.6 Å². The Bertz CT molecular complexity index is 810. The molecule has 0 radical (unpaired) electrons. The lowest BCUT2D eigenvalue weighted by atomic mass is 10.0. The maximum atomic E-state index is 12.1. The van der Waals surface area contributed by atoms with Crippen LogP contribution < -0.4 is 10.6 Å². The summed E-state index contributed by atoms with van der Waals surface area (Å²) in [6, 6.07) is 7.11. The van der Waals surface area contributed by atoms with E-state index in [1.54, 1.807) is 26.0 Å². The molecule has 0 atom stereocenters. The first-order valence-corrected chi connectivity index (χ1v) is 7.66. The number of aromatic carboxylic acids is 1. The van der Waals surface area contributed by atoms with Crippen LogP contribution in [0.25, 0.3) is 0 Å². The van der Waals surface area contributed by atoms with Crippen LogP contribution in [0.3, 0.4) is 0 Å². The molecule has 0 aliphatic carbocycles. The Kier molecular flexibility index (Phi) is 5.61. The molecule has 2 amide bonds. The Hall–Kier alpha value is -3.36. The molecule has 26 heavy (non-hydrogen) atoms. The molecule has 0 fully saturated rings. The number of amides is 2. The highest BCUT2D eigenvalue weighted by Crippen LogP contribution is 2.20. The minimum Gasteiger partial charge on any atom is -0.478 e. The fraction of sp³-hybridized carbons (Fsp3) is 0.294. The standard InChI is InChI=1S/C17H19N3O6/c1-17(2,13-8-12(26-20-13)15(23)25-3)19-16(24)18-9-10-4-6-11(7-5-10)14(21)22/h4-8H,9H2,1-3H3,(H,21,22)(H2,18,19,24). The predicted molar refractivity (Wildman–Crippen MR) is 89.6 cm³/mol. The molecule has 0 aliphatic rings. The first-order valence-electron chi connectivity index (χ1n) is 7.66. The Morgan fingerprint density at radius 1 is 1.23 bits per heavy atom. The minimum atomic E-state index is -1.01. The molecule has 0 aliphatic heterocycles. The van der Waals surface area contributed by atoms with Crippen molar-refractivity contribution in [2.24, 2.45) is 0 Å². The summed E-state index contributed by atoms with van der Waals surface area (Å²) in [7, 11) is 1.23. The number of rotatable bonds is 6. The monoisotopic (exact) mass is 361 g/mol. The SMILES string of the molecule is COC(=O)c1cc(C(C)(C)NC(=O)NCc2ccc(C(=O)O)cc2)no1. The van der Waals surface area contributed by atoms with E-state index in [1.807, 2.05) is 0 Å². The van der Waals surface area contributed by atoms with Crippen molar-refractivity contribution in [3.05, 3.63) is 52.9 Å². The number of carbonyl (C=O) groups excluding carboxylic acids is 2. The highest BCUT2D eigenvalue weighted by Gasteiger charge is 2.28. The number of benzene rings is 1. The Morgan fingerprint density at radius 2 is 1.88 bits per heavy atom. The smallest absolute Gasteiger partial charge is 0.376 e. The average Bonchev–Trinajstić information content (AvgIpc) is 3.10. The van der Waals surface area contributed by atoms with Gasteiger partial charge in [-0.25, -0.2) is 14.4 Å². The predicted octanol–water partition coefficient (Wildman–Crippen LogP) is 1.89. The molecule has 1 heterocycles. The molecule has 1 aromatic heterocycles. The molecular formula is C17H19N3O6. The number of carboxylic acids is 1. The van der Waals surface area contributed by atoms with Crippen LogP contribution in [-0.4, -0.2) is 35.3 Å². The van der Waals surface area contributed by atoms with Crippen molar-refractivity contribution >= 4 is 18.0 Å². The number of nitrogens with zero attached hydrogens (tertiary/aromatic N) is 1. The van der Waals surface area contributed by atoms with E-state index in [0.29, 0.717) is 5.69 Å². The van der Waals surface area contributed by atoms with Gasteiger partial charge in [0.05, 0.1) is 18.2 Å². The highest BCUT2D eigenvalue weighted by molar-refractivity contribution is 5.87. The summed E-state index contributed by atoms with van der Waals surface area (Å²) in [5, 5.41) is 18.0. The van der Waals surface area contributed by atoms with Gasteiger partial charge in [-0.05, 0) is 31.5 Å². The molecule has 0 saturated carbocycles. The molecule has 0 unspecified atom stereocenters. The number of nitrogens with one attached hydrogen (secondary N) is 2. The van der Waals surface area contributed by atoms with Crippen molar-refractivity contribution in [2.45, 2.75) is 25.9 Å². The van der Waals surface area contributed by atoms with E-state index in [4.69, 9.17) is 9.63 Å². The van der Waals surface area contributed by atoms with Crippen LogP contribution >= 0.6 is 0 Å². The molecule has 9 nitrogen and oxygen atoms in total. The van der Waals surface area contributed by atoms with Gasteiger partial charge in [0.15, 0.2) is 0 Å². The largest absolute Gasteiger partial charge is 0.478 e. The quantitative estimate of drug-likeness (QED) is 0.670. The third-order valence-corrected chi connectivity index (χ3v) is 3.62. The zero-order chi connectivity index (χ0) is 19.3. The molecule has 9 heteroatoms. The number of urea groups is 1. The Morgan fingerprint density at radius 3 is 2.46 bits per heavy atom. The molecule has 138 valence electrons. The molecule has 2 aromatic rings. The second-order valence-electron chi connectivity index (χ2n) is 6.00. The summed E-state index contributed by atoms with van der Waals surface area (Å²) >= 11 is 0. The summed E-state index contributed by atoms with van der Waals surface area (Å²) in [5.41, 5.74) is 0.385. The second kappa shape index (κ2) is 7.68. The molecule has 1 aromatic carbocycles. The van der Waals surface area contributed by atoms with E-state index in [2.05, 4.69) is 20.5 Å². The Labute approximate surface area is 149 Å². The lowest BCUT2D eigenvalue weighted by Crippen LogP contribution is -2.46. The molecule has 3 N–H and O–H groups in total. The van der Waals surface area contributed by atoms with Crippen molar-refractivity contribution < 1.29 is 28.8 Å². The summed E-state index contributed by atoms with van der Waals surface area (Å²) in [5.74, 6) is -1.73. The zero-order valence-corrected chi connectivity index (χ0v) is 14.5. The van der Waals surface area contributed by atoms with Gasteiger partial charge in [-0.3, -0.25) is 0 Å². The van der Waals surface area contributed by atoms with Crippen molar-refractivity contribution in [3.8, 4) is 0 Å². The first-order chi connectivity index (χ1) is 12.2. The first kappa shape index (κ1) is 19.0. The van der Waals surface area contributed by atoms with E-state index in [1.165, 1.54) is 25.3 Å². The van der Waals surface area contributed by atoms with Crippen LogP contribution in [0.15, 0.2) is 34.9 Å². The number of aromatic nitrogens is 1. The van der Waals surface area contributed by atoms with Crippen molar-refractivity contribution in [1.29, 1.82) is 0 Å². The summed E-state index contributed by atoms with van der Waals surface area (Å²) in [6.45, 7) is 3.62. The van der Waals surface area contributed by atoms with E-state index >= 15 is 0 Å². The molecule has 0 saturated heterocycles. The fourth-order valence-electron chi connectivity index (χ4n) is 2.11. The van der Waals surface area contributed by atoms with Gasteiger partial charge >= 0.3 is 18.0 Å². The lowest BCUT2D eigenvalue weighted by molar-refractivity contribution is 0.0553. The van der Waals surface area contributed by atoms with Crippen LogP contribution in [0.5, 0.6) is 0 Å².